The number of amides is 1. The molecule has 1 atom stereocenters. The second-order valence-electron chi connectivity index (χ2n) is 3.26. The molecule has 0 aromatic carbocycles. The van der Waals surface area contributed by atoms with Gasteiger partial charge in [-0.2, -0.15) is 0 Å². The van der Waals surface area contributed by atoms with Crippen LogP contribution in [0.2, 0.25) is 0 Å². The maximum Gasteiger partial charge on any atom is 0.333 e. The quantitative estimate of drug-likeness (QED) is 0.533. The first kappa shape index (κ1) is 10.8. The first-order valence-electron chi connectivity index (χ1n) is 4.78. The van der Waals surface area contributed by atoms with Crippen molar-refractivity contribution in [3.05, 3.63) is 11.6 Å². The molecule has 0 bridgehead atoms. The van der Waals surface area contributed by atoms with Gasteiger partial charge >= 0.3 is 5.97 Å². The Labute approximate surface area is 83.3 Å². The van der Waals surface area contributed by atoms with E-state index in [0.29, 0.717) is 18.7 Å². The summed E-state index contributed by atoms with van der Waals surface area (Å²) in [6.45, 7) is 4.48. The number of hydrogen-bond donors (Lipinski definition) is 1. The molecule has 0 aromatic rings. The van der Waals surface area contributed by atoms with Crippen LogP contribution in [0.15, 0.2) is 11.6 Å². The minimum Gasteiger partial charge on any atom is -0.463 e. The number of esters is 1. The Morgan fingerprint density at radius 1 is 1.71 bits per heavy atom. The van der Waals surface area contributed by atoms with E-state index in [1.807, 2.05) is 0 Å². The number of carbonyl (C=O) groups is 2. The van der Waals surface area contributed by atoms with E-state index >= 15 is 0 Å². The summed E-state index contributed by atoms with van der Waals surface area (Å²) in [4.78, 5) is 22.4. The van der Waals surface area contributed by atoms with Gasteiger partial charge in [0.25, 0.3) is 0 Å². The number of nitrogens with one attached hydrogen (secondary N) is 1. The molecule has 1 aliphatic heterocycles. The molecule has 1 rings (SSSR count). The fraction of sp³-hybridized carbons (Fsp3) is 0.600. The molecule has 1 N–H and O–H groups in total. The van der Waals surface area contributed by atoms with Crippen LogP contribution < -0.4 is 5.32 Å². The van der Waals surface area contributed by atoms with Crippen molar-refractivity contribution in [2.24, 2.45) is 5.92 Å². The van der Waals surface area contributed by atoms with Crippen molar-refractivity contribution in [2.75, 3.05) is 13.2 Å². The Hall–Kier alpha value is -1.32. The smallest absolute Gasteiger partial charge is 0.333 e. The van der Waals surface area contributed by atoms with Crippen LogP contribution in [0.1, 0.15) is 20.3 Å². The van der Waals surface area contributed by atoms with E-state index < -0.39 is 0 Å². The van der Waals surface area contributed by atoms with Gasteiger partial charge in [-0.15, -0.1) is 0 Å². The summed E-state index contributed by atoms with van der Waals surface area (Å²) in [6.07, 6.45) is 2.44. The third kappa shape index (κ3) is 2.58. The molecule has 0 radical (unpaired) electrons. The molecule has 1 unspecified atom stereocenters. The molecule has 1 fully saturated rings. The van der Waals surface area contributed by atoms with Crippen LogP contribution in [0, 0.1) is 5.92 Å². The second kappa shape index (κ2) is 4.79. The van der Waals surface area contributed by atoms with Crippen LogP contribution in [0.3, 0.4) is 0 Å². The first-order chi connectivity index (χ1) is 6.65. The molecular formula is C10H15NO3. The highest BCUT2D eigenvalue weighted by Gasteiger charge is 2.22. The fourth-order valence-electron chi connectivity index (χ4n) is 1.39. The van der Waals surface area contributed by atoms with Gasteiger partial charge in [0.15, 0.2) is 0 Å². The van der Waals surface area contributed by atoms with Crippen LogP contribution in [-0.2, 0) is 14.3 Å². The van der Waals surface area contributed by atoms with Crippen molar-refractivity contribution < 1.29 is 14.3 Å². The lowest BCUT2D eigenvalue weighted by molar-refractivity contribution is -0.138. The molecule has 4 nitrogen and oxygen atoms in total. The van der Waals surface area contributed by atoms with Gasteiger partial charge in [0.05, 0.1) is 12.5 Å². The Morgan fingerprint density at radius 3 is 2.93 bits per heavy atom. The molecule has 1 amide bonds. The normalized spacial score (nSPS) is 22.0. The molecule has 0 aromatic heterocycles. The van der Waals surface area contributed by atoms with Crippen molar-refractivity contribution in [1.82, 2.24) is 5.32 Å². The fourth-order valence-corrected chi connectivity index (χ4v) is 1.39. The van der Waals surface area contributed by atoms with Gasteiger partial charge in [0.2, 0.25) is 5.91 Å². The minimum atomic E-state index is -0.341. The lowest BCUT2D eigenvalue weighted by atomic mass is 10.1. The van der Waals surface area contributed by atoms with Crippen LogP contribution in [0.5, 0.6) is 0 Å². The van der Waals surface area contributed by atoms with Gasteiger partial charge in [-0.1, -0.05) is 6.08 Å². The summed E-state index contributed by atoms with van der Waals surface area (Å²) in [5, 5.41) is 2.71. The predicted molar refractivity (Wildman–Crippen MR) is 51.5 cm³/mol. The largest absolute Gasteiger partial charge is 0.463 e. The molecule has 14 heavy (non-hydrogen) atoms. The van der Waals surface area contributed by atoms with Crippen LogP contribution in [-0.4, -0.2) is 25.0 Å². The number of carbonyl (C=O) groups excluding carboxylic acids is 2. The highest BCUT2D eigenvalue weighted by molar-refractivity contribution is 5.90. The van der Waals surface area contributed by atoms with Gasteiger partial charge in [-0.05, 0) is 20.3 Å². The molecule has 78 valence electrons. The van der Waals surface area contributed by atoms with Crippen LogP contribution in [0.25, 0.3) is 0 Å². The summed E-state index contributed by atoms with van der Waals surface area (Å²) < 4.78 is 4.81. The number of ether oxygens (including phenoxy) is 1. The van der Waals surface area contributed by atoms with Gasteiger partial charge in [0.1, 0.15) is 0 Å². The Morgan fingerprint density at radius 2 is 2.43 bits per heavy atom. The van der Waals surface area contributed by atoms with E-state index in [-0.39, 0.29) is 17.8 Å². The van der Waals surface area contributed by atoms with E-state index in [1.54, 1.807) is 19.9 Å². The van der Waals surface area contributed by atoms with Gasteiger partial charge in [-0.3, -0.25) is 4.79 Å². The molecule has 1 heterocycles. The van der Waals surface area contributed by atoms with E-state index in [1.165, 1.54) is 0 Å². The third-order valence-corrected chi connectivity index (χ3v) is 2.14. The first-order valence-corrected chi connectivity index (χ1v) is 4.78. The number of rotatable bonds is 3. The molecule has 1 aliphatic rings. The Kier molecular flexibility index (Phi) is 3.68. The van der Waals surface area contributed by atoms with E-state index in [0.717, 1.165) is 6.42 Å². The summed E-state index contributed by atoms with van der Waals surface area (Å²) in [5.74, 6) is -0.514. The van der Waals surface area contributed by atoms with E-state index in [4.69, 9.17) is 4.74 Å². The molecule has 0 spiro atoms. The summed E-state index contributed by atoms with van der Waals surface area (Å²) in [5.41, 5.74) is 0.508. The van der Waals surface area contributed by atoms with Gasteiger partial charge in [0, 0.05) is 12.1 Å². The van der Waals surface area contributed by atoms with Gasteiger partial charge in [-0.25, -0.2) is 4.79 Å². The Balaban J connectivity index is 2.58. The van der Waals surface area contributed by atoms with E-state index in [9.17, 15) is 9.59 Å². The second-order valence-corrected chi connectivity index (χ2v) is 3.26. The van der Waals surface area contributed by atoms with Gasteiger partial charge < -0.3 is 10.1 Å². The molecular weight excluding hydrogens is 182 g/mol. The van der Waals surface area contributed by atoms with Crippen molar-refractivity contribution >= 4 is 11.9 Å². The molecule has 0 saturated carbocycles. The maximum absolute atomic E-state index is 11.2. The summed E-state index contributed by atoms with van der Waals surface area (Å²) in [7, 11) is 0. The van der Waals surface area contributed by atoms with E-state index in [2.05, 4.69) is 5.32 Å². The van der Waals surface area contributed by atoms with Crippen molar-refractivity contribution in [1.29, 1.82) is 0 Å². The van der Waals surface area contributed by atoms with Crippen LogP contribution in [0.4, 0.5) is 0 Å². The zero-order valence-corrected chi connectivity index (χ0v) is 8.50. The lowest BCUT2D eigenvalue weighted by Crippen LogP contribution is -2.18. The number of hydrogen-bond acceptors (Lipinski definition) is 3. The maximum atomic E-state index is 11.2. The summed E-state index contributed by atoms with van der Waals surface area (Å²) in [6, 6.07) is 0. The summed E-state index contributed by atoms with van der Waals surface area (Å²) >= 11 is 0. The lowest BCUT2D eigenvalue weighted by Gasteiger charge is -2.03. The molecule has 4 heteroatoms. The van der Waals surface area contributed by atoms with Crippen LogP contribution >= 0.6 is 0 Å². The predicted octanol–water partition coefficient (Wildman–Crippen LogP) is 0.632. The SMILES string of the molecule is CCOC(=O)C(C)=CC1CCNC1=O. The minimum absolute atomic E-state index is 0.00588. The third-order valence-electron chi connectivity index (χ3n) is 2.14. The average Bonchev–Trinajstić information content (AvgIpc) is 2.52. The average molecular weight is 197 g/mol. The standard InChI is InChI=1S/C10H15NO3/c1-3-14-10(13)7(2)6-8-4-5-11-9(8)12/h6,8H,3-5H2,1-2H3,(H,11,12). The molecule has 0 aliphatic carbocycles. The van der Waals surface area contributed by atoms with Crippen molar-refractivity contribution in [3.8, 4) is 0 Å². The highest BCUT2D eigenvalue weighted by Crippen LogP contribution is 2.13. The zero-order valence-electron chi connectivity index (χ0n) is 8.50. The molecule has 1 saturated heterocycles. The van der Waals surface area contributed by atoms with Crippen molar-refractivity contribution in [2.45, 2.75) is 20.3 Å². The zero-order chi connectivity index (χ0) is 10.6. The monoisotopic (exact) mass is 197 g/mol. The topological polar surface area (TPSA) is 55.4 Å². The van der Waals surface area contributed by atoms with Crippen molar-refractivity contribution in [3.63, 3.8) is 0 Å². The Bertz CT molecular complexity index is 271. The highest BCUT2D eigenvalue weighted by atomic mass is 16.5.